The molecule has 3 rings (SSSR count). The van der Waals surface area contributed by atoms with Gasteiger partial charge in [0.15, 0.2) is 0 Å². The second kappa shape index (κ2) is 3.84. The van der Waals surface area contributed by atoms with Gasteiger partial charge in [-0.3, -0.25) is 0 Å². The average Bonchev–Trinajstić information content (AvgIpc) is 2.35. The average molecular weight is 224 g/mol. The number of hydrogen-bond acceptors (Lipinski definition) is 1. The second-order valence-corrected chi connectivity index (χ2v) is 4.81. The van der Waals surface area contributed by atoms with Crippen molar-refractivity contribution in [1.29, 1.82) is 0 Å². The van der Waals surface area contributed by atoms with E-state index in [2.05, 4.69) is 60.9 Å². The Morgan fingerprint density at radius 1 is 1.06 bits per heavy atom. The Balaban J connectivity index is 2.32. The van der Waals surface area contributed by atoms with Crippen LogP contribution in [0.2, 0.25) is 0 Å². The summed E-state index contributed by atoms with van der Waals surface area (Å²) < 4.78 is 0. The van der Waals surface area contributed by atoms with Crippen LogP contribution in [0.1, 0.15) is 12.5 Å². The first-order valence-electron chi connectivity index (χ1n) is 5.41. The molecule has 16 heavy (non-hydrogen) atoms. The number of fused-ring (bicyclic) bond motifs is 2. The molecule has 0 saturated heterocycles. The smallest absolute Gasteiger partial charge is 0.0201 e. The van der Waals surface area contributed by atoms with Gasteiger partial charge in [-0.1, -0.05) is 42.1 Å². The maximum atomic E-state index is 2.29. The molecule has 1 heterocycles. The van der Waals surface area contributed by atoms with Crippen LogP contribution < -0.4 is 0 Å². The standard InChI is InChI=1S/C15H12S/c1-2-11-7-8-16-15-10-13-6-4-3-5-12(13)9-14(11)15/h2-10H,1H3. The zero-order valence-corrected chi connectivity index (χ0v) is 9.92. The maximum Gasteiger partial charge on any atom is 0.0201 e. The number of hydrogen-bond donors (Lipinski definition) is 0. The van der Waals surface area contributed by atoms with Gasteiger partial charge in [0.2, 0.25) is 0 Å². The molecule has 0 amide bonds. The quantitative estimate of drug-likeness (QED) is 0.615. The molecular formula is C15H12S. The Kier molecular flexibility index (Phi) is 2.33. The van der Waals surface area contributed by atoms with E-state index in [0.717, 1.165) is 0 Å². The van der Waals surface area contributed by atoms with E-state index in [1.807, 2.05) is 0 Å². The third kappa shape index (κ3) is 1.48. The second-order valence-electron chi connectivity index (χ2n) is 3.86. The molecule has 2 aromatic carbocycles. The fourth-order valence-electron chi connectivity index (χ4n) is 2.06. The third-order valence-corrected chi connectivity index (χ3v) is 3.78. The van der Waals surface area contributed by atoms with Crippen LogP contribution in [0, 0.1) is 0 Å². The normalized spacial score (nSPS) is 16.7. The lowest BCUT2D eigenvalue weighted by molar-refractivity contribution is 1.43. The molecule has 0 aliphatic carbocycles. The van der Waals surface area contributed by atoms with Crippen molar-refractivity contribution in [3.05, 3.63) is 59.5 Å². The van der Waals surface area contributed by atoms with Gasteiger partial charge in [0.05, 0.1) is 0 Å². The molecule has 0 atom stereocenters. The highest BCUT2D eigenvalue weighted by molar-refractivity contribution is 8.02. The predicted octanol–water partition coefficient (Wildman–Crippen LogP) is 4.86. The highest BCUT2D eigenvalue weighted by Crippen LogP contribution is 2.37. The fraction of sp³-hybridized carbons (Fsp3) is 0.0667. The zero-order valence-electron chi connectivity index (χ0n) is 9.10. The van der Waals surface area contributed by atoms with Gasteiger partial charge in [-0.15, -0.1) is 0 Å². The van der Waals surface area contributed by atoms with Crippen molar-refractivity contribution in [1.82, 2.24) is 0 Å². The number of rotatable bonds is 0. The summed E-state index contributed by atoms with van der Waals surface area (Å²) in [6.07, 6.45) is 4.35. The largest absolute Gasteiger partial charge is 0.0974 e. The Bertz CT molecular complexity index is 606. The lowest BCUT2D eigenvalue weighted by atomic mass is 10.0. The minimum absolute atomic E-state index is 1.32. The maximum absolute atomic E-state index is 2.29. The molecule has 1 aliphatic heterocycles. The van der Waals surface area contributed by atoms with Gasteiger partial charge in [0.25, 0.3) is 0 Å². The van der Waals surface area contributed by atoms with Gasteiger partial charge in [0.1, 0.15) is 0 Å². The van der Waals surface area contributed by atoms with E-state index in [-0.39, 0.29) is 0 Å². The Morgan fingerprint density at radius 2 is 1.81 bits per heavy atom. The summed E-state index contributed by atoms with van der Waals surface area (Å²) in [6, 6.07) is 13.1. The van der Waals surface area contributed by atoms with E-state index in [1.54, 1.807) is 11.8 Å². The number of thioether (sulfide) groups is 1. The summed E-state index contributed by atoms with van der Waals surface area (Å²) >= 11 is 1.80. The topological polar surface area (TPSA) is 0 Å². The monoisotopic (exact) mass is 224 g/mol. The molecule has 0 N–H and O–H groups in total. The van der Waals surface area contributed by atoms with Crippen LogP contribution in [-0.4, -0.2) is 0 Å². The molecule has 0 saturated carbocycles. The zero-order chi connectivity index (χ0) is 11.0. The van der Waals surface area contributed by atoms with Crippen molar-refractivity contribution in [2.75, 3.05) is 0 Å². The van der Waals surface area contributed by atoms with E-state index in [1.165, 1.54) is 26.8 Å². The summed E-state index contributed by atoms with van der Waals surface area (Å²) in [6.45, 7) is 2.09. The minimum Gasteiger partial charge on any atom is -0.0974 e. The molecule has 0 radical (unpaired) electrons. The van der Waals surface area contributed by atoms with Crippen molar-refractivity contribution >= 4 is 28.1 Å². The predicted molar refractivity (Wildman–Crippen MR) is 72.6 cm³/mol. The van der Waals surface area contributed by atoms with Crippen LogP contribution in [0.25, 0.3) is 16.3 Å². The molecule has 78 valence electrons. The Labute approximate surface area is 99.7 Å². The highest BCUT2D eigenvalue weighted by Gasteiger charge is 2.10. The van der Waals surface area contributed by atoms with Crippen LogP contribution in [-0.2, 0) is 0 Å². The number of benzene rings is 2. The molecule has 0 aromatic heterocycles. The Hall–Kier alpha value is -1.47. The third-order valence-electron chi connectivity index (χ3n) is 2.91. The van der Waals surface area contributed by atoms with Crippen LogP contribution in [0.4, 0.5) is 0 Å². The van der Waals surface area contributed by atoms with Gasteiger partial charge >= 0.3 is 0 Å². The van der Waals surface area contributed by atoms with Gasteiger partial charge in [-0.25, -0.2) is 0 Å². The van der Waals surface area contributed by atoms with E-state index < -0.39 is 0 Å². The molecule has 1 heteroatoms. The van der Waals surface area contributed by atoms with E-state index in [0.29, 0.717) is 0 Å². The van der Waals surface area contributed by atoms with Gasteiger partial charge < -0.3 is 0 Å². The first-order chi connectivity index (χ1) is 7.88. The lowest BCUT2D eigenvalue weighted by Gasteiger charge is -2.14. The van der Waals surface area contributed by atoms with Crippen molar-refractivity contribution in [3.8, 4) is 0 Å². The Morgan fingerprint density at radius 3 is 2.56 bits per heavy atom. The van der Waals surface area contributed by atoms with Gasteiger partial charge in [-0.05, 0) is 52.4 Å². The summed E-state index contributed by atoms with van der Waals surface area (Å²) in [4.78, 5) is 1.36. The van der Waals surface area contributed by atoms with Crippen LogP contribution in [0.5, 0.6) is 0 Å². The van der Waals surface area contributed by atoms with Crippen molar-refractivity contribution in [2.45, 2.75) is 11.8 Å². The minimum atomic E-state index is 1.32. The molecule has 0 fully saturated rings. The molecule has 0 nitrogen and oxygen atoms in total. The molecule has 0 bridgehead atoms. The van der Waals surface area contributed by atoms with Crippen LogP contribution in [0.15, 0.2) is 58.9 Å². The highest BCUT2D eigenvalue weighted by atomic mass is 32.2. The molecule has 1 aliphatic rings. The summed E-state index contributed by atoms with van der Waals surface area (Å²) in [5, 5.41) is 4.79. The van der Waals surface area contributed by atoms with Crippen LogP contribution in [0.3, 0.4) is 0 Å². The molecular weight excluding hydrogens is 212 g/mol. The van der Waals surface area contributed by atoms with Crippen molar-refractivity contribution < 1.29 is 0 Å². The van der Waals surface area contributed by atoms with E-state index in [9.17, 15) is 0 Å². The van der Waals surface area contributed by atoms with Gasteiger partial charge in [0, 0.05) is 4.90 Å². The van der Waals surface area contributed by atoms with Crippen molar-refractivity contribution in [3.63, 3.8) is 0 Å². The first kappa shape index (κ1) is 9.73. The SMILES string of the molecule is CC=C1C=CSc2cc3ccccc3cc21. The van der Waals surface area contributed by atoms with Crippen LogP contribution >= 0.6 is 11.8 Å². The molecule has 2 aromatic rings. The number of allylic oxidation sites excluding steroid dienone is 3. The fourth-order valence-corrected chi connectivity index (χ4v) is 2.92. The lowest BCUT2D eigenvalue weighted by Crippen LogP contribution is -1.89. The first-order valence-corrected chi connectivity index (χ1v) is 6.29. The summed E-state index contributed by atoms with van der Waals surface area (Å²) in [7, 11) is 0. The molecule has 0 unspecified atom stereocenters. The van der Waals surface area contributed by atoms with E-state index in [4.69, 9.17) is 0 Å². The van der Waals surface area contributed by atoms with Gasteiger partial charge in [-0.2, -0.15) is 0 Å². The van der Waals surface area contributed by atoms with E-state index >= 15 is 0 Å². The summed E-state index contributed by atoms with van der Waals surface area (Å²) in [5.41, 5.74) is 2.67. The van der Waals surface area contributed by atoms with Crippen molar-refractivity contribution in [2.24, 2.45) is 0 Å². The summed E-state index contributed by atoms with van der Waals surface area (Å²) in [5.74, 6) is 0. The molecule has 0 spiro atoms.